The number of hydrogen-bond acceptors (Lipinski definition) is 7. The summed E-state index contributed by atoms with van der Waals surface area (Å²) in [7, 11) is 3.91. The van der Waals surface area contributed by atoms with Gasteiger partial charge < -0.3 is 20.3 Å². The molecule has 0 heterocycles. The molecular formula is C22H36N4O4. The molecule has 1 aliphatic carbocycles. The first-order valence-electron chi connectivity index (χ1n) is 10.9. The first-order valence-corrected chi connectivity index (χ1v) is 10.9. The number of rotatable bonds is 12. The first-order chi connectivity index (χ1) is 14.3. The second kappa shape index (κ2) is 11.9. The van der Waals surface area contributed by atoms with E-state index in [0.717, 1.165) is 37.8 Å². The molecule has 2 N–H and O–H groups in total. The molecule has 30 heavy (non-hydrogen) atoms. The van der Waals surface area contributed by atoms with Gasteiger partial charge in [0.15, 0.2) is 0 Å². The van der Waals surface area contributed by atoms with Crippen molar-refractivity contribution >= 4 is 17.3 Å². The summed E-state index contributed by atoms with van der Waals surface area (Å²) in [6, 6.07) is 4.74. The van der Waals surface area contributed by atoms with Gasteiger partial charge in [0.05, 0.1) is 4.92 Å². The van der Waals surface area contributed by atoms with E-state index >= 15 is 0 Å². The van der Waals surface area contributed by atoms with E-state index in [0.29, 0.717) is 31.1 Å². The van der Waals surface area contributed by atoms with Crippen LogP contribution < -0.4 is 10.6 Å². The van der Waals surface area contributed by atoms with E-state index in [1.54, 1.807) is 12.1 Å². The van der Waals surface area contributed by atoms with Crippen molar-refractivity contribution in [1.29, 1.82) is 0 Å². The van der Waals surface area contributed by atoms with Gasteiger partial charge in [0.2, 0.25) is 0 Å². The second-order valence-corrected chi connectivity index (χ2v) is 8.75. The summed E-state index contributed by atoms with van der Waals surface area (Å²) in [5, 5.41) is 17.9. The van der Waals surface area contributed by atoms with Gasteiger partial charge >= 0.3 is 5.97 Å². The van der Waals surface area contributed by atoms with Crippen molar-refractivity contribution in [2.45, 2.75) is 64.6 Å². The number of benzene rings is 1. The Balaban J connectivity index is 2.01. The lowest BCUT2D eigenvalue weighted by Crippen LogP contribution is -2.40. The maximum atomic E-state index is 12.7. The van der Waals surface area contributed by atoms with Crippen LogP contribution in [0.25, 0.3) is 0 Å². The Morgan fingerprint density at radius 3 is 2.60 bits per heavy atom. The number of anilines is 1. The minimum Gasteiger partial charge on any atom is -0.461 e. The predicted octanol–water partition coefficient (Wildman–Crippen LogP) is 3.56. The van der Waals surface area contributed by atoms with Gasteiger partial charge in [-0.25, -0.2) is 0 Å². The van der Waals surface area contributed by atoms with Gasteiger partial charge in [-0.2, -0.15) is 0 Å². The fourth-order valence-electron chi connectivity index (χ4n) is 3.63. The van der Waals surface area contributed by atoms with Gasteiger partial charge in [-0.05, 0) is 63.7 Å². The van der Waals surface area contributed by atoms with Crippen LogP contribution in [-0.2, 0) is 16.1 Å². The molecule has 2 rings (SSSR count). The van der Waals surface area contributed by atoms with Crippen molar-refractivity contribution in [3.8, 4) is 0 Å². The number of carbonyl (C=O) groups excluding carboxylic acids is 1. The molecule has 1 saturated carbocycles. The molecule has 168 valence electrons. The van der Waals surface area contributed by atoms with E-state index in [-0.39, 0.29) is 22.7 Å². The van der Waals surface area contributed by atoms with E-state index in [4.69, 9.17) is 4.74 Å². The molecule has 1 atom stereocenters. The van der Waals surface area contributed by atoms with Crippen LogP contribution in [0.2, 0.25) is 0 Å². The van der Waals surface area contributed by atoms with Gasteiger partial charge in [-0.1, -0.05) is 19.9 Å². The summed E-state index contributed by atoms with van der Waals surface area (Å²) in [5.74, 6) is 0.114. The number of nitrogens with zero attached hydrogens (tertiary/aromatic N) is 2. The lowest BCUT2D eigenvalue weighted by atomic mass is 10.0. The summed E-state index contributed by atoms with van der Waals surface area (Å²) in [5.41, 5.74) is 1.31. The van der Waals surface area contributed by atoms with E-state index in [9.17, 15) is 14.9 Å². The molecule has 0 aromatic heterocycles. The summed E-state index contributed by atoms with van der Waals surface area (Å²) in [6.45, 7) is 5.90. The highest BCUT2D eigenvalue weighted by Gasteiger charge is 2.26. The molecule has 0 unspecified atom stereocenters. The number of nitro benzene ring substituents is 1. The number of ether oxygens (including phenoxy) is 1. The van der Waals surface area contributed by atoms with Gasteiger partial charge in [-0.15, -0.1) is 0 Å². The van der Waals surface area contributed by atoms with Gasteiger partial charge in [0.25, 0.3) is 5.69 Å². The topological polar surface area (TPSA) is 96.7 Å². The molecule has 0 radical (unpaired) electrons. The lowest BCUT2D eigenvalue weighted by molar-refractivity contribution is -0.384. The fraction of sp³-hybridized carbons (Fsp3) is 0.682. The van der Waals surface area contributed by atoms with Crippen molar-refractivity contribution in [3.63, 3.8) is 0 Å². The van der Waals surface area contributed by atoms with Crippen LogP contribution in [0.15, 0.2) is 18.2 Å². The predicted molar refractivity (Wildman–Crippen MR) is 119 cm³/mol. The third-order valence-corrected chi connectivity index (χ3v) is 5.26. The van der Waals surface area contributed by atoms with Crippen LogP contribution in [0.3, 0.4) is 0 Å². The van der Waals surface area contributed by atoms with Crippen LogP contribution in [0.4, 0.5) is 11.4 Å². The zero-order valence-corrected chi connectivity index (χ0v) is 18.6. The third kappa shape index (κ3) is 7.91. The number of likely N-dealkylation sites (N-methyl/N-ethyl adjacent to an activating group) is 1. The van der Waals surface area contributed by atoms with Gasteiger partial charge in [-0.3, -0.25) is 14.9 Å². The molecule has 1 aliphatic rings. The maximum absolute atomic E-state index is 12.7. The van der Waals surface area contributed by atoms with Crippen LogP contribution in [0.1, 0.15) is 51.5 Å². The maximum Gasteiger partial charge on any atom is 0.323 e. The molecule has 1 fully saturated rings. The molecule has 0 spiro atoms. The summed E-state index contributed by atoms with van der Waals surface area (Å²) >= 11 is 0. The monoisotopic (exact) mass is 420 g/mol. The first kappa shape index (κ1) is 24.1. The fourth-order valence-corrected chi connectivity index (χ4v) is 3.63. The Labute approximate surface area is 179 Å². The third-order valence-electron chi connectivity index (χ3n) is 5.26. The van der Waals surface area contributed by atoms with Crippen molar-refractivity contribution in [2.75, 3.05) is 32.5 Å². The molecule has 1 aromatic rings. The minimum atomic E-state index is -0.414. The summed E-state index contributed by atoms with van der Waals surface area (Å²) in [6.07, 6.45) is 4.79. The average molecular weight is 421 g/mol. The van der Waals surface area contributed by atoms with Gasteiger partial charge in [0.1, 0.15) is 17.8 Å². The highest BCUT2D eigenvalue weighted by Crippen LogP contribution is 2.26. The molecule has 1 aromatic carbocycles. The van der Waals surface area contributed by atoms with Crippen molar-refractivity contribution in [1.82, 2.24) is 10.2 Å². The van der Waals surface area contributed by atoms with E-state index in [1.165, 1.54) is 0 Å². The largest absolute Gasteiger partial charge is 0.461 e. The Kier molecular flexibility index (Phi) is 9.52. The Bertz CT molecular complexity index is 702. The SMILES string of the molecule is CC(C)C[C@H](NCc1ccc(NCCN(C)C)c([N+](=O)[O-])c1)C(=O)OC1CCCC1. The van der Waals surface area contributed by atoms with E-state index in [1.807, 2.05) is 25.1 Å². The number of nitrogens with one attached hydrogen (secondary N) is 2. The number of esters is 1. The molecule has 0 bridgehead atoms. The van der Waals surface area contributed by atoms with Gasteiger partial charge in [0, 0.05) is 25.7 Å². The Hall–Kier alpha value is -2.19. The Morgan fingerprint density at radius 2 is 2.00 bits per heavy atom. The van der Waals surface area contributed by atoms with Crippen LogP contribution in [0, 0.1) is 16.0 Å². The van der Waals surface area contributed by atoms with Crippen molar-refractivity contribution in [2.24, 2.45) is 5.92 Å². The van der Waals surface area contributed by atoms with Crippen LogP contribution >= 0.6 is 0 Å². The van der Waals surface area contributed by atoms with Crippen LogP contribution in [0.5, 0.6) is 0 Å². The second-order valence-electron chi connectivity index (χ2n) is 8.75. The number of nitro groups is 1. The zero-order chi connectivity index (χ0) is 22.1. The molecule has 0 aliphatic heterocycles. The molecule has 8 nitrogen and oxygen atoms in total. The number of hydrogen-bond donors (Lipinski definition) is 2. The average Bonchev–Trinajstić information content (AvgIpc) is 3.18. The van der Waals surface area contributed by atoms with Crippen LogP contribution in [-0.4, -0.2) is 55.1 Å². The lowest BCUT2D eigenvalue weighted by Gasteiger charge is -2.22. The van der Waals surface area contributed by atoms with E-state index in [2.05, 4.69) is 24.5 Å². The number of carbonyl (C=O) groups is 1. The quantitative estimate of drug-likeness (QED) is 0.303. The highest BCUT2D eigenvalue weighted by molar-refractivity contribution is 5.76. The Morgan fingerprint density at radius 1 is 1.30 bits per heavy atom. The molecule has 0 saturated heterocycles. The standard InChI is InChI=1S/C22H36N4O4/c1-16(2)13-20(22(27)30-18-7-5-6-8-18)24-15-17-9-10-19(21(14-17)26(28)29)23-11-12-25(3)4/h9-10,14,16,18,20,23-24H,5-8,11-13,15H2,1-4H3/t20-/m0/s1. The molecule has 8 heteroatoms. The molecular weight excluding hydrogens is 384 g/mol. The summed E-state index contributed by atoms with van der Waals surface area (Å²) < 4.78 is 5.68. The summed E-state index contributed by atoms with van der Waals surface area (Å²) in [4.78, 5) is 25.8. The van der Waals surface area contributed by atoms with Crippen molar-refractivity contribution < 1.29 is 14.5 Å². The van der Waals surface area contributed by atoms with Crippen molar-refractivity contribution in [3.05, 3.63) is 33.9 Å². The zero-order valence-electron chi connectivity index (χ0n) is 18.6. The smallest absolute Gasteiger partial charge is 0.323 e. The normalized spacial score (nSPS) is 15.5. The highest BCUT2D eigenvalue weighted by atomic mass is 16.6. The molecule has 0 amide bonds. The minimum absolute atomic E-state index is 0.0302. The van der Waals surface area contributed by atoms with E-state index < -0.39 is 6.04 Å².